The van der Waals surface area contributed by atoms with Crippen LogP contribution in [0, 0.1) is 0 Å². The molecule has 1 amide bonds. The average Bonchev–Trinajstić information content (AvgIpc) is 3.30. The first kappa shape index (κ1) is 18.8. The van der Waals surface area contributed by atoms with Crippen molar-refractivity contribution in [3.8, 4) is 11.5 Å². The van der Waals surface area contributed by atoms with Crippen LogP contribution in [0.15, 0.2) is 47.3 Å². The second-order valence-corrected chi connectivity index (χ2v) is 6.67. The average molecular weight is 394 g/mol. The molecule has 1 N–H and O–H groups in total. The van der Waals surface area contributed by atoms with Crippen LogP contribution < -0.4 is 19.7 Å². The molecule has 3 aromatic rings. The number of hydrogen-bond acceptors (Lipinski definition) is 7. The highest BCUT2D eigenvalue weighted by molar-refractivity contribution is 5.91. The van der Waals surface area contributed by atoms with Gasteiger partial charge in [-0.1, -0.05) is 0 Å². The van der Waals surface area contributed by atoms with Crippen molar-refractivity contribution in [2.24, 2.45) is 0 Å². The minimum Gasteiger partial charge on any atom is -0.493 e. The molecule has 8 heteroatoms. The van der Waals surface area contributed by atoms with Gasteiger partial charge in [-0.3, -0.25) is 4.79 Å². The van der Waals surface area contributed by atoms with E-state index < -0.39 is 0 Å². The molecule has 1 aliphatic rings. The predicted octanol–water partition coefficient (Wildman–Crippen LogP) is 2.58. The molecule has 1 aromatic carbocycles. The number of benzene rings is 1. The maximum absolute atomic E-state index is 12.2. The number of hydrogen-bond donors (Lipinski definition) is 1. The molecule has 0 fully saturated rings. The lowest BCUT2D eigenvalue weighted by Crippen LogP contribution is -2.31. The van der Waals surface area contributed by atoms with Crippen LogP contribution in [0.2, 0.25) is 0 Å². The number of fused-ring (bicyclic) bond motifs is 1. The van der Waals surface area contributed by atoms with Crippen molar-refractivity contribution < 1.29 is 18.7 Å². The molecule has 0 radical (unpaired) electrons. The third kappa shape index (κ3) is 4.01. The van der Waals surface area contributed by atoms with Gasteiger partial charge in [0.25, 0.3) is 5.91 Å². The lowest BCUT2D eigenvalue weighted by molar-refractivity contribution is 0.0942. The molecular weight excluding hydrogens is 372 g/mol. The van der Waals surface area contributed by atoms with Gasteiger partial charge in [0.05, 0.1) is 39.4 Å². The molecule has 4 rings (SSSR count). The fraction of sp³-hybridized carbons (Fsp3) is 0.286. The maximum atomic E-state index is 12.2. The van der Waals surface area contributed by atoms with E-state index in [0.717, 1.165) is 30.1 Å². The van der Waals surface area contributed by atoms with E-state index in [0.29, 0.717) is 24.6 Å². The summed E-state index contributed by atoms with van der Waals surface area (Å²) in [4.78, 5) is 23.1. The van der Waals surface area contributed by atoms with Gasteiger partial charge in [0, 0.05) is 13.1 Å². The Hall–Kier alpha value is -3.55. The summed E-state index contributed by atoms with van der Waals surface area (Å²) in [6.07, 6.45) is 5.56. The number of nitrogens with one attached hydrogen (secondary N) is 1. The normalized spacial score (nSPS) is 13.0. The molecule has 1 aliphatic heterocycles. The van der Waals surface area contributed by atoms with E-state index in [-0.39, 0.29) is 11.6 Å². The molecule has 0 bridgehead atoms. The Balaban J connectivity index is 1.44. The summed E-state index contributed by atoms with van der Waals surface area (Å²) in [6, 6.07) is 7.61. The summed E-state index contributed by atoms with van der Waals surface area (Å²) in [6.45, 7) is 1.80. The van der Waals surface area contributed by atoms with Gasteiger partial charge in [-0.2, -0.15) is 0 Å². The fourth-order valence-electron chi connectivity index (χ4n) is 3.35. The van der Waals surface area contributed by atoms with E-state index in [9.17, 15) is 4.79 Å². The van der Waals surface area contributed by atoms with Crippen molar-refractivity contribution in [2.45, 2.75) is 19.5 Å². The zero-order chi connectivity index (χ0) is 20.2. The summed E-state index contributed by atoms with van der Waals surface area (Å²) in [5, 5.41) is 2.76. The summed E-state index contributed by atoms with van der Waals surface area (Å²) >= 11 is 0. The molecular formula is C21H22N4O4. The van der Waals surface area contributed by atoms with Gasteiger partial charge in [-0.25, -0.2) is 9.97 Å². The molecule has 2 aromatic heterocycles. The van der Waals surface area contributed by atoms with Crippen molar-refractivity contribution >= 4 is 11.7 Å². The predicted molar refractivity (Wildman–Crippen MR) is 106 cm³/mol. The third-order valence-corrected chi connectivity index (χ3v) is 4.92. The van der Waals surface area contributed by atoms with Crippen LogP contribution in [0.1, 0.15) is 27.4 Å². The number of ether oxygens (including phenoxy) is 2. The molecule has 3 heterocycles. The Bertz CT molecular complexity index is 987. The number of amides is 1. The van der Waals surface area contributed by atoms with Crippen molar-refractivity contribution in [3.63, 3.8) is 0 Å². The molecule has 0 spiro atoms. The zero-order valence-electron chi connectivity index (χ0n) is 16.3. The number of methoxy groups -OCH3 is 2. The molecule has 0 saturated heterocycles. The molecule has 29 heavy (non-hydrogen) atoms. The van der Waals surface area contributed by atoms with E-state index in [1.54, 1.807) is 38.8 Å². The van der Waals surface area contributed by atoms with Gasteiger partial charge in [0.15, 0.2) is 11.5 Å². The SMILES string of the molecule is COc1cc2c(cc1OC)CN(c1cnc(C(=O)NCc3ccco3)cn1)CC2. The number of furan rings is 1. The summed E-state index contributed by atoms with van der Waals surface area (Å²) in [5.41, 5.74) is 2.67. The second kappa shape index (κ2) is 8.22. The smallest absolute Gasteiger partial charge is 0.271 e. The Morgan fingerprint density at radius 1 is 1.17 bits per heavy atom. The first-order chi connectivity index (χ1) is 14.2. The van der Waals surface area contributed by atoms with Crippen LogP contribution in [0.4, 0.5) is 5.82 Å². The van der Waals surface area contributed by atoms with Gasteiger partial charge in [0.2, 0.25) is 0 Å². The number of anilines is 1. The number of carbonyl (C=O) groups excluding carboxylic acids is 1. The first-order valence-electron chi connectivity index (χ1n) is 9.29. The standard InChI is InChI=1S/C21H22N4O4/c1-27-18-8-14-5-6-25(13-15(14)9-19(18)28-2)20-12-22-17(11-23-20)21(26)24-10-16-4-3-7-29-16/h3-4,7-9,11-12H,5-6,10,13H2,1-2H3,(H,24,26). The fourth-order valence-corrected chi connectivity index (χ4v) is 3.35. The second-order valence-electron chi connectivity index (χ2n) is 6.67. The Morgan fingerprint density at radius 3 is 2.62 bits per heavy atom. The van der Waals surface area contributed by atoms with Crippen molar-refractivity contribution in [1.29, 1.82) is 0 Å². The third-order valence-electron chi connectivity index (χ3n) is 4.92. The number of aromatic nitrogens is 2. The highest BCUT2D eigenvalue weighted by Gasteiger charge is 2.21. The Kier molecular flexibility index (Phi) is 5.33. The summed E-state index contributed by atoms with van der Waals surface area (Å²) in [7, 11) is 3.27. The zero-order valence-corrected chi connectivity index (χ0v) is 16.3. The van der Waals surface area contributed by atoms with Crippen LogP contribution in [-0.4, -0.2) is 36.6 Å². The maximum Gasteiger partial charge on any atom is 0.271 e. The van der Waals surface area contributed by atoms with Crippen molar-refractivity contribution in [1.82, 2.24) is 15.3 Å². The minimum atomic E-state index is -0.290. The number of rotatable bonds is 6. The van der Waals surface area contributed by atoms with E-state index in [2.05, 4.69) is 20.2 Å². The van der Waals surface area contributed by atoms with Gasteiger partial charge in [-0.15, -0.1) is 0 Å². The van der Waals surface area contributed by atoms with E-state index in [1.165, 1.54) is 11.8 Å². The molecule has 0 unspecified atom stereocenters. The van der Waals surface area contributed by atoms with Gasteiger partial charge >= 0.3 is 0 Å². The number of nitrogens with zero attached hydrogens (tertiary/aromatic N) is 3. The first-order valence-corrected chi connectivity index (χ1v) is 9.29. The Labute approximate surface area is 168 Å². The van der Waals surface area contributed by atoms with E-state index in [1.807, 2.05) is 12.1 Å². The van der Waals surface area contributed by atoms with Crippen LogP contribution in [0.3, 0.4) is 0 Å². The molecule has 0 atom stereocenters. The molecule has 8 nitrogen and oxygen atoms in total. The van der Waals surface area contributed by atoms with E-state index in [4.69, 9.17) is 13.9 Å². The lowest BCUT2D eigenvalue weighted by atomic mass is 9.99. The summed E-state index contributed by atoms with van der Waals surface area (Å²) < 4.78 is 16.0. The van der Waals surface area contributed by atoms with Crippen LogP contribution in [0.5, 0.6) is 11.5 Å². The monoisotopic (exact) mass is 394 g/mol. The van der Waals surface area contributed by atoms with E-state index >= 15 is 0 Å². The van der Waals surface area contributed by atoms with Gasteiger partial charge in [-0.05, 0) is 41.8 Å². The highest BCUT2D eigenvalue weighted by Crippen LogP contribution is 2.34. The molecule has 150 valence electrons. The molecule has 0 aliphatic carbocycles. The largest absolute Gasteiger partial charge is 0.493 e. The van der Waals surface area contributed by atoms with Gasteiger partial charge < -0.3 is 24.1 Å². The highest BCUT2D eigenvalue weighted by atomic mass is 16.5. The van der Waals surface area contributed by atoms with Crippen molar-refractivity contribution in [2.75, 3.05) is 25.7 Å². The summed E-state index contributed by atoms with van der Waals surface area (Å²) in [5.74, 6) is 2.57. The van der Waals surface area contributed by atoms with Crippen LogP contribution >= 0.6 is 0 Å². The van der Waals surface area contributed by atoms with Crippen LogP contribution in [0.25, 0.3) is 0 Å². The topological polar surface area (TPSA) is 89.7 Å². The molecule has 0 saturated carbocycles. The lowest BCUT2D eigenvalue weighted by Gasteiger charge is -2.30. The number of carbonyl (C=O) groups is 1. The van der Waals surface area contributed by atoms with Crippen LogP contribution in [-0.2, 0) is 19.5 Å². The van der Waals surface area contributed by atoms with Crippen molar-refractivity contribution in [3.05, 3.63) is 65.5 Å². The van der Waals surface area contributed by atoms with Gasteiger partial charge in [0.1, 0.15) is 17.3 Å². The quantitative estimate of drug-likeness (QED) is 0.687. The minimum absolute atomic E-state index is 0.268. The Morgan fingerprint density at radius 2 is 1.97 bits per heavy atom.